The predicted molar refractivity (Wildman–Crippen MR) is 96.1 cm³/mol. The van der Waals surface area contributed by atoms with Gasteiger partial charge in [0.25, 0.3) is 0 Å². The lowest BCUT2D eigenvalue weighted by Crippen LogP contribution is -2.45. The Morgan fingerprint density at radius 3 is 2.44 bits per heavy atom. The second kappa shape index (κ2) is 8.94. The summed E-state index contributed by atoms with van der Waals surface area (Å²) in [6.45, 7) is 0. The Morgan fingerprint density at radius 1 is 1.12 bits per heavy atom. The third-order valence-electron chi connectivity index (χ3n) is 3.48. The maximum atomic E-state index is 12.2. The molecule has 0 aromatic heterocycles. The molecule has 2 N–H and O–H groups in total. The molecule has 7 heteroatoms. The number of ether oxygens (including phenoxy) is 2. The van der Waals surface area contributed by atoms with E-state index in [9.17, 15) is 9.59 Å². The van der Waals surface area contributed by atoms with Gasteiger partial charge >= 0.3 is 12.0 Å². The molecule has 0 unspecified atom stereocenters. The van der Waals surface area contributed by atoms with Crippen molar-refractivity contribution in [2.75, 3.05) is 19.5 Å². The van der Waals surface area contributed by atoms with E-state index in [-0.39, 0.29) is 0 Å². The number of nitrogens with one attached hydrogen (secondary N) is 2. The first kappa shape index (κ1) is 18.6. The maximum absolute atomic E-state index is 12.2. The number of rotatable bonds is 6. The van der Waals surface area contributed by atoms with Crippen molar-refractivity contribution in [2.24, 2.45) is 0 Å². The zero-order valence-electron chi connectivity index (χ0n) is 13.9. The summed E-state index contributed by atoms with van der Waals surface area (Å²) in [6.07, 6.45) is 0.324. The molecule has 0 radical (unpaired) electrons. The minimum absolute atomic E-state index is 0.324. The Kier molecular flexibility index (Phi) is 6.65. The van der Waals surface area contributed by atoms with Crippen LogP contribution in [0.15, 0.2) is 48.5 Å². The molecule has 1 atom stereocenters. The summed E-state index contributed by atoms with van der Waals surface area (Å²) < 4.78 is 9.83. The lowest BCUT2D eigenvalue weighted by Gasteiger charge is -2.17. The van der Waals surface area contributed by atoms with Gasteiger partial charge < -0.3 is 20.1 Å². The number of benzene rings is 2. The number of hydrogen-bond acceptors (Lipinski definition) is 4. The van der Waals surface area contributed by atoms with Crippen LogP contribution in [0.25, 0.3) is 0 Å². The minimum atomic E-state index is -0.805. The Bertz CT molecular complexity index is 737. The van der Waals surface area contributed by atoms with Crippen LogP contribution in [-0.2, 0) is 16.0 Å². The first-order valence-corrected chi connectivity index (χ1v) is 7.94. The monoisotopic (exact) mass is 362 g/mol. The number of hydrogen-bond donors (Lipinski definition) is 2. The zero-order chi connectivity index (χ0) is 18.2. The average Bonchev–Trinajstić information content (AvgIpc) is 2.61. The fourth-order valence-electron chi connectivity index (χ4n) is 2.25. The van der Waals surface area contributed by atoms with Gasteiger partial charge in [-0.2, -0.15) is 0 Å². The van der Waals surface area contributed by atoms with Crippen molar-refractivity contribution in [1.82, 2.24) is 5.32 Å². The molecule has 132 valence electrons. The Hall–Kier alpha value is -2.73. The second-order valence-electron chi connectivity index (χ2n) is 5.21. The van der Waals surface area contributed by atoms with E-state index in [1.54, 1.807) is 18.2 Å². The van der Waals surface area contributed by atoms with Crippen LogP contribution in [0.2, 0.25) is 5.02 Å². The maximum Gasteiger partial charge on any atom is 0.328 e. The molecule has 0 spiro atoms. The molecule has 2 aromatic rings. The van der Waals surface area contributed by atoms with E-state index in [0.717, 1.165) is 5.56 Å². The third-order valence-corrected chi connectivity index (χ3v) is 3.78. The molecule has 0 fully saturated rings. The van der Waals surface area contributed by atoms with Gasteiger partial charge in [0.05, 0.1) is 19.2 Å². The quantitative estimate of drug-likeness (QED) is 0.773. The Balaban J connectivity index is 2.03. The van der Waals surface area contributed by atoms with E-state index in [1.165, 1.54) is 14.2 Å². The Labute approximate surface area is 151 Å². The third kappa shape index (κ3) is 5.39. The highest BCUT2D eigenvalue weighted by Gasteiger charge is 2.22. The molecule has 6 nitrogen and oxygen atoms in total. The highest BCUT2D eigenvalue weighted by Crippen LogP contribution is 2.27. The first-order chi connectivity index (χ1) is 12.0. The molecule has 0 saturated heterocycles. The molecule has 0 heterocycles. The molecule has 2 amide bonds. The van der Waals surface area contributed by atoms with E-state index in [1.807, 2.05) is 30.3 Å². The number of methoxy groups -OCH3 is 2. The van der Waals surface area contributed by atoms with Crippen LogP contribution in [0.5, 0.6) is 5.75 Å². The number of halogens is 1. The van der Waals surface area contributed by atoms with E-state index in [4.69, 9.17) is 21.1 Å². The van der Waals surface area contributed by atoms with Crippen molar-refractivity contribution in [3.63, 3.8) is 0 Å². The molecule has 0 aliphatic rings. The van der Waals surface area contributed by atoms with Gasteiger partial charge in [-0.25, -0.2) is 9.59 Å². The Morgan fingerprint density at radius 2 is 1.84 bits per heavy atom. The summed E-state index contributed by atoms with van der Waals surface area (Å²) in [7, 11) is 2.79. The summed E-state index contributed by atoms with van der Waals surface area (Å²) in [5.41, 5.74) is 1.39. The summed E-state index contributed by atoms with van der Waals surface area (Å²) >= 11 is 6.03. The molecule has 2 aromatic carbocycles. The molecular formula is C18H19ClN2O4. The topological polar surface area (TPSA) is 76.7 Å². The van der Waals surface area contributed by atoms with Gasteiger partial charge in [-0.05, 0) is 23.8 Å². The number of urea groups is 1. The van der Waals surface area contributed by atoms with E-state index in [0.29, 0.717) is 22.9 Å². The molecular weight excluding hydrogens is 344 g/mol. The number of carbonyl (C=O) groups is 2. The van der Waals surface area contributed by atoms with Gasteiger partial charge in [-0.15, -0.1) is 0 Å². The van der Waals surface area contributed by atoms with Crippen LogP contribution in [0.3, 0.4) is 0 Å². The lowest BCUT2D eigenvalue weighted by atomic mass is 10.1. The SMILES string of the molecule is COC(=O)[C@H](Cc1ccccc1)NC(=O)Nc1ccc(OC)c(Cl)c1. The van der Waals surface area contributed by atoms with Crippen LogP contribution in [0, 0.1) is 0 Å². The summed E-state index contributed by atoms with van der Waals surface area (Å²) in [5.74, 6) is -0.0177. The summed E-state index contributed by atoms with van der Waals surface area (Å²) in [4.78, 5) is 24.1. The zero-order valence-corrected chi connectivity index (χ0v) is 14.7. The number of esters is 1. The van der Waals surface area contributed by atoms with Crippen LogP contribution in [-0.4, -0.2) is 32.3 Å². The van der Waals surface area contributed by atoms with Crippen molar-refractivity contribution in [2.45, 2.75) is 12.5 Å². The van der Waals surface area contributed by atoms with Gasteiger partial charge in [0.2, 0.25) is 0 Å². The van der Waals surface area contributed by atoms with E-state index in [2.05, 4.69) is 10.6 Å². The summed E-state index contributed by atoms with van der Waals surface area (Å²) in [6, 6.07) is 12.9. The predicted octanol–water partition coefficient (Wildman–Crippen LogP) is 3.25. The number of carbonyl (C=O) groups excluding carboxylic acids is 2. The van der Waals surface area contributed by atoms with Crippen molar-refractivity contribution in [3.8, 4) is 5.75 Å². The van der Waals surface area contributed by atoms with E-state index < -0.39 is 18.0 Å². The van der Waals surface area contributed by atoms with Crippen molar-refractivity contribution < 1.29 is 19.1 Å². The van der Waals surface area contributed by atoms with Gasteiger partial charge in [-0.3, -0.25) is 0 Å². The molecule has 0 saturated carbocycles. The molecule has 2 rings (SSSR count). The fraction of sp³-hybridized carbons (Fsp3) is 0.222. The van der Waals surface area contributed by atoms with Gasteiger partial charge in [0.1, 0.15) is 11.8 Å². The van der Waals surface area contributed by atoms with Crippen LogP contribution < -0.4 is 15.4 Å². The normalized spacial score (nSPS) is 11.3. The highest BCUT2D eigenvalue weighted by molar-refractivity contribution is 6.32. The average molecular weight is 363 g/mol. The van der Waals surface area contributed by atoms with E-state index >= 15 is 0 Å². The van der Waals surface area contributed by atoms with Crippen molar-refractivity contribution in [1.29, 1.82) is 0 Å². The van der Waals surface area contributed by atoms with Crippen LogP contribution in [0.4, 0.5) is 10.5 Å². The standard InChI is InChI=1S/C18H19ClN2O4/c1-24-16-9-8-13(11-14(16)19)20-18(23)21-15(17(22)25-2)10-12-6-4-3-5-7-12/h3-9,11,15H,10H2,1-2H3,(H2,20,21,23)/t15-/m0/s1. The smallest absolute Gasteiger partial charge is 0.328 e. The second-order valence-corrected chi connectivity index (χ2v) is 5.62. The van der Waals surface area contributed by atoms with Crippen molar-refractivity contribution >= 4 is 29.3 Å². The van der Waals surface area contributed by atoms with Crippen molar-refractivity contribution in [3.05, 3.63) is 59.1 Å². The van der Waals surface area contributed by atoms with Gasteiger partial charge in [0, 0.05) is 12.1 Å². The molecule has 25 heavy (non-hydrogen) atoms. The molecule has 0 bridgehead atoms. The fourth-order valence-corrected chi connectivity index (χ4v) is 2.51. The van der Waals surface area contributed by atoms with Crippen LogP contribution >= 0.6 is 11.6 Å². The summed E-state index contributed by atoms with van der Waals surface area (Å²) in [5, 5.41) is 5.61. The first-order valence-electron chi connectivity index (χ1n) is 7.56. The van der Waals surface area contributed by atoms with Gasteiger partial charge in [0.15, 0.2) is 0 Å². The minimum Gasteiger partial charge on any atom is -0.495 e. The highest BCUT2D eigenvalue weighted by atomic mass is 35.5. The van der Waals surface area contributed by atoms with Gasteiger partial charge in [-0.1, -0.05) is 41.9 Å². The van der Waals surface area contributed by atoms with Crippen LogP contribution in [0.1, 0.15) is 5.56 Å². The largest absolute Gasteiger partial charge is 0.495 e. The molecule has 0 aliphatic carbocycles. The lowest BCUT2D eigenvalue weighted by molar-refractivity contribution is -0.142. The molecule has 0 aliphatic heterocycles. The number of amides is 2. The number of anilines is 1.